The van der Waals surface area contributed by atoms with E-state index < -0.39 is 0 Å². The molecule has 2 heterocycles. The predicted octanol–water partition coefficient (Wildman–Crippen LogP) is 6.77. The number of nitrogens with zero attached hydrogens (tertiary/aromatic N) is 2. The van der Waals surface area contributed by atoms with Crippen molar-refractivity contribution in [3.63, 3.8) is 0 Å². The van der Waals surface area contributed by atoms with Crippen molar-refractivity contribution in [2.45, 2.75) is 12.1 Å². The second-order valence-corrected chi connectivity index (χ2v) is 8.62. The van der Waals surface area contributed by atoms with Gasteiger partial charge in [-0.3, -0.25) is 4.99 Å². The van der Waals surface area contributed by atoms with Gasteiger partial charge in [-0.25, -0.2) is 4.98 Å². The van der Waals surface area contributed by atoms with Crippen LogP contribution in [0.2, 0.25) is 0 Å². The van der Waals surface area contributed by atoms with Crippen molar-refractivity contribution in [3.8, 4) is 28.5 Å². The molecule has 1 N–H and O–H groups in total. The van der Waals surface area contributed by atoms with Crippen molar-refractivity contribution >= 4 is 16.8 Å². The van der Waals surface area contributed by atoms with E-state index in [1.165, 1.54) is 16.7 Å². The molecule has 0 radical (unpaired) electrons. The van der Waals surface area contributed by atoms with Gasteiger partial charge in [0.15, 0.2) is 0 Å². The van der Waals surface area contributed by atoms with Crippen molar-refractivity contribution in [2.75, 3.05) is 0 Å². The van der Waals surface area contributed by atoms with Crippen molar-refractivity contribution in [1.82, 2.24) is 4.98 Å². The van der Waals surface area contributed by atoms with Gasteiger partial charge in [0.1, 0.15) is 29.3 Å². The Morgan fingerprint density at radius 1 is 0.778 bits per heavy atom. The summed E-state index contributed by atoms with van der Waals surface area (Å²) < 4.78 is 12.4. The fraction of sp³-hybridized carbons (Fsp3) is 0.0667. The first kappa shape index (κ1) is 22.5. The summed E-state index contributed by atoms with van der Waals surface area (Å²) in [5.74, 6) is 1.52. The molecule has 1 aromatic heterocycles. The zero-order valence-corrected chi connectivity index (χ0v) is 21.1. The molecule has 0 spiro atoms. The molecule has 5 nitrogen and oxygen atoms in total. The van der Waals surface area contributed by atoms with Crippen LogP contribution in [0, 0.1) is 6.07 Å². The number of rotatable bonds is 3. The van der Waals surface area contributed by atoms with E-state index in [9.17, 15) is 5.11 Å². The minimum atomic E-state index is -0.181. The van der Waals surface area contributed by atoms with Crippen molar-refractivity contribution in [2.24, 2.45) is 4.99 Å². The van der Waals surface area contributed by atoms with Gasteiger partial charge in [-0.1, -0.05) is 72.3 Å². The number of phenolic OH excluding ortho intramolecular Hbond substituents is 1. The van der Waals surface area contributed by atoms with Gasteiger partial charge in [0.25, 0.3) is 0 Å². The smallest absolute Gasteiger partial charge is 0.217 e. The number of aliphatic imine (C=N–C) groups is 1. The molecule has 0 saturated carbocycles. The Kier molecular flexibility index (Phi) is 5.58. The van der Waals surface area contributed by atoms with Crippen LogP contribution in [-0.2, 0) is 25.8 Å². The standard InChI is InChI=1S/C30H19N2O3.Pt/c33-25-14-6-7-18-15-16-26(31-27(18)25)34-20-9-5-8-19(17-20)30-32-28-23-12-3-1-10-21(23)22-11-2-4-13-24(22)29(28)35-30;/h1-16,28-29,33H;/q-1;/t28-,29+;/m0./s1. The second kappa shape index (κ2) is 8.92. The quantitative estimate of drug-likeness (QED) is 0.219. The number of hydrogen-bond acceptors (Lipinski definition) is 5. The number of ether oxygens (including phenoxy) is 2. The third-order valence-electron chi connectivity index (χ3n) is 6.51. The van der Waals surface area contributed by atoms with Crippen molar-refractivity contribution < 1.29 is 35.6 Å². The van der Waals surface area contributed by atoms with Crippen LogP contribution < -0.4 is 4.74 Å². The minimum Gasteiger partial charge on any atom is -0.510 e. The number of phenols is 1. The van der Waals surface area contributed by atoms with E-state index in [2.05, 4.69) is 47.4 Å². The van der Waals surface area contributed by atoms with Gasteiger partial charge in [-0.15, -0.1) is 18.2 Å². The van der Waals surface area contributed by atoms with Crippen LogP contribution >= 0.6 is 0 Å². The molecule has 0 bridgehead atoms. The number of pyridine rings is 1. The molecule has 0 fully saturated rings. The third-order valence-corrected chi connectivity index (χ3v) is 6.51. The molecule has 4 aromatic carbocycles. The molecule has 36 heavy (non-hydrogen) atoms. The summed E-state index contributed by atoms with van der Waals surface area (Å²) in [7, 11) is 0. The topological polar surface area (TPSA) is 63.9 Å². The van der Waals surface area contributed by atoms with E-state index in [0.717, 1.165) is 16.5 Å². The molecule has 1 aliphatic heterocycles. The van der Waals surface area contributed by atoms with Gasteiger partial charge in [0, 0.05) is 43.8 Å². The summed E-state index contributed by atoms with van der Waals surface area (Å²) in [6.45, 7) is 0. The first-order valence-corrected chi connectivity index (χ1v) is 11.5. The van der Waals surface area contributed by atoms with Crippen LogP contribution in [0.5, 0.6) is 17.4 Å². The maximum absolute atomic E-state index is 10.1. The number of fused-ring (bicyclic) bond motifs is 7. The maximum atomic E-state index is 10.1. The molecule has 2 aliphatic rings. The number of hydrogen-bond donors (Lipinski definition) is 1. The minimum absolute atomic E-state index is 0. The molecule has 0 amide bonds. The molecule has 1 aliphatic carbocycles. The van der Waals surface area contributed by atoms with Gasteiger partial charge in [0.2, 0.25) is 5.88 Å². The van der Waals surface area contributed by atoms with Gasteiger partial charge in [-0.05, 0) is 28.8 Å². The summed E-state index contributed by atoms with van der Waals surface area (Å²) in [4.78, 5) is 9.43. The number of aromatic hydroxyl groups is 1. The molecule has 0 saturated heterocycles. The Morgan fingerprint density at radius 3 is 2.39 bits per heavy atom. The van der Waals surface area contributed by atoms with Crippen LogP contribution in [0.25, 0.3) is 22.0 Å². The second-order valence-electron chi connectivity index (χ2n) is 8.62. The van der Waals surface area contributed by atoms with Crippen LogP contribution in [0.1, 0.15) is 28.8 Å². The van der Waals surface area contributed by atoms with E-state index in [0.29, 0.717) is 23.0 Å². The van der Waals surface area contributed by atoms with Gasteiger partial charge in [-0.2, -0.15) is 0 Å². The molecule has 6 heteroatoms. The van der Waals surface area contributed by atoms with E-state index in [-0.39, 0.29) is 39.0 Å². The van der Waals surface area contributed by atoms with Crippen molar-refractivity contribution in [1.29, 1.82) is 0 Å². The monoisotopic (exact) mass is 650 g/mol. The Bertz CT molecular complexity index is 1650. The zero-order chi connectivity index (χ0) is 23.4. The fourth-order valence-electron chi connectivity index (χ4n) is 4.91. The van der Waals surface area contributed by atoms with Gasteiger partial charge >= 0.3 is 0 Å². The molecule has 0 unspecified atom stereocenters. The van der Waals surface area contributed by atoms with E-state index >= 15 is 0 Å². The summed E-state index contributed by atoms with van der Waals surface area (Å²) in [6.07, 6.45) is -0.181. The van der Waals surface area contributed by atoms with Gasteiger partial charge < -0.3 is 14.6 Å². The predicted molar refractivity (Wildman–Crippen MR) is 134 cm³/mol. The SMILES string of the molecule is Oc1cccc2ccc(Oc3[c-]c(C4=N[C@H]5c6ccccc6-c6ccccc6[C@H]5O4)ccc3)nc12.[Pt]. The van der Waals surface area contributed by atoms with E-state index in [1.54, 1.807) is 18.2 Å². The molecular formula is C30H19N2O3Pt-. The van der Waals surface area contributed by atoms with Crippen molar-refractivity contribution in [3.05, 3.63) is 120 Å². The number of aromatic nitrogens is 1. The summed E-state index contributed by atoms with van der Waals surface area (Å²) in [5.41, 5.74) is 5.90. The summed E-state index contributed by atoms with van der Waals surface area (Å²) >= 11 is 0. The third kappa shape index (κ3) is 3.68. The summed E-state index contributed by atoms with van der Waals surface area (Å²) in [6, 6.07) is 34.4. The van der Waals surface area contributed by atoms with Crippen LogP contribution in [0.4, 0.5) is 0 Å². The molecular weight excluding hydrogens is 631 g/mol. The van der Waals surface area contributed by atoms with E-state index in [4.69, 9.17) is 14.5 Å². The van der Waals surface area contributed by atoms with Crippen LogP contribution in [0.3, 0.4) is 0 Å². The Balaban J connectivity index is 0.00000240. The molecule has 178 valence electrons. The first-order chi connectivity index (χ1) is 17.2. The average Bonchev–Trinajstić information content (AvgIpc) is 3.36. The normalized spacial score (nSPS) is 17.2. The summed E-state index contributed by atoms with van der Waals surface area (Å²) in [5, 5.41) is 11.0. The zero-order valence-electron chi connectivity index (χ0n) is 18.9. The number of para-hydroxylation sites is 1. The maximum Gasteiger partial charge on any atom is 0.217 e. The Labute approximate surface area is 222 Å². The van der Waals surface area contributed by atoms with Crippen LogP contribution in [-0.4, -0.2) is 16.0 Å². The Morgan fingerprint density at radius 2 is 1.53 bits per heavy atom. The Hall–Kier alpha value is -3.95. The number of benzene rings is 4. The molecule has 2 atom stereocenters. The molecule has 7 rings (SSSR count). The first-order valence-electron chi connectivity index (χ1n) is 11.5. The van der Waals surface area contributed by atoms with Gasteiger partial charge in [0.05, 0.1) is 0 Å². The van der Waals surface area contributed by atoms with E-state index in [1.807, 2.05) is 42.5 Å². The molecule has 5 aromatic rings. The fourth-order valence-corrected chi connectivity index (χ4v) is 4.91. The average molecular weight is 651 g/mol. The van der Waals surface area contributed by atoms with Crippen LogP contribution in [0.15, 0.2) is 102 Å². The largest absolute Gasteiger partial charge is 0.510 e.